The zero-order chi connectivity index (χ0) is 13.2. The summed E-state index contributed by atoms with van der Waals surface area (Å²) in [6.07, 6.45) is 1.60. The van der Waals surface area contributed by atoms with Crippen molar-refractivity contribution in [2.45, 2.75) is 6.54 Å². The first kappa shape index (κ1) is 11.9. The molecule has 0 aliphatic heterocycles. The van der Waals surface area contributed by atoms with Gasteiger partial charge in [0.25, 0.3) is 5.56 Å². The number of methoxy groups -OCH3 is 1. The van der Waals surface area contributed by atoms with Crippen LogP contribution in [0.3, 0.4) is 0 Å². The van der Waals surface area contributed by atoms with Crippen molar-refractivity contribution in [2.75, 3.05) is 7.11 Å². The summed E-state index contributed by atoms with van der Waals surface area (Å²) in [5, 5.41) is 1.89. The highest BCUT2D eigenvalue weighted by atomic mass is 32.1. The molecule has 0 radical (unpaired) electrons. The molecule has 0 amide bonds. The van der Waals surface area contributed by atoms with Gasteiger partial charge in [0.15, 0.2) is 0 Å². The van der Waals surface area contributed by atoms with Gasteiger partial charge >= 0.3 is 0 Å². The van der Waals surface area contributed by atoms with Crippen LogP contribution in [-0.4, -0.2) is 16.7 Å². The lowest BCUT2D eigenvalue weighted by Gasteiger charge is -2.06. The van der Waals surface area contributed by atoms with Crippen LogP contribution in [0.25, 0.3) is 10.2 Å². The number of ether oxygens (including phenoxy) is 1. The van der Waals surface area contributed by atoms with Gasteiger partial charge in [-0.05, 0) is 29.1 Å². The number of benzene rings is 1. The number of hydrogen-bond acceptors (Lipinski definition) is 4. The Morgan fingerprint density at radius 2 is 2.05 bits per heavy atom. The van der Waals surface area contributed by atoms with E-state index in [0.717, 1.165) is 16.8 Å². The molecule has 0 atom stereocenters. The largest absolute Gasteiger partial charge is 0.497 e. The molecule has 0 fully saturated rings. The number of thiophene rings is 1. The summed E-state index contributed by atoms with van der Waals surface area (Å²) >= 11 is 1.43. The lowest BCUT2D eigenvalue weighted by molar-refractivity contribution is 0.414. The highest BCUT2D eigenvalue weighted by Crippen LogP contribution is 2.15. The summed E-state index contributed by atoms with van der Waals surface area (Å²) in [6.45, 7) is 0.518. The third-order valence-corrected chi connectivity index (χ3v) is 3.84. The minimum absolute atomic E-state index is 0.0100. The molecule has 0 N–H and O–H groups in total. The molecular formula is C14H12N2O2S. The molecule has 2 heterocycles. The van der Waals surface area contributed by atoms with Crippen LogP contribution in [0.1, 0.15) is 5.56 Å². The van der Waals surface area contributed by atoms with Crippen molar-refractivity contribution in [1.82, 2.24) is 9.55 Å². The summed E-state index contributed by atoms with van der Waals surface area (Å²) < 4.78 is 7.44. The first-order valence-corrected chi connectivity index (χ1v) is 6.71. The minimum atomic E-state index is 0.0100. The van der Waals surface area contributed by atoms with Gasteiger partial charge < -0.3 is 4.74 Å². The molecule has 3 rings (SSSR count). The van der Waals surface area contributed by atoms with Crippen LogP contribution in [-0.2, 0) is 6.54 Å². The van der Waals surface area contributed by atoms with Gasteiger partial charge in [-0.3, -0.25) is 9.36 Å². The van der Waals surface area contributed by atoms with E-state index in [9.17, 15) is 4.79 Å². The van der Waals surface area contributed by atoms with Crippen molar-refractivity contribution < 1.29 is 4.74 Å². The second kappa shape index (κ2) is 4.85. The highest BCUT2D eigenvalue weighted by Gasteiger charge is 2.05. The van der Waals surface area contributed by atoms with Gasteiger partial charge in [-0.15, -0.1) is 11.3 Å². The fraction of sp³-hybridized carbons (Fsp3) is 0.143. The van der Waals surface area contributed by atoms with Crippen LogP contribution in [0.4, 0.5) is 0 Å². The van der Waals surface area contributed by atoms with Gasteiger partial charge in [-0.2, -0.15) is 0 Å². The van der Waals surface area contributed by atoms with Crippen LogP contribution < -0.4 is 10.3 Å². The summed E-state index contributed by atoms with van der Waals surface area (Å²) in [5.41, 5.74) is 1.82. The third-order valence-electron chi connectivity index (χ3n) is 2.95. The van der Waals surface area contributed by atoms with Crippen molar-refractivity contribution in [1.29, 1.82) is 0 Å². The molecule has 0 spiro atoms. The minimum Gasteiger partial charge on any atom is -0.497 e. The fourth-order valence-electron chi connectivity index (χ4n) is 1.92. The van der Waals surface area contributed by atoms with E-state index in [-0.39, 0.29) is 5.56 Å². The number of fused-ring (bicyclic) bond motifs is 1. The van der Waals surface area contributed by atoms with Crippen LogP contribution in [0, 0.1) is 0 Å². The van der Waals surface area contributed by atoms with Gasteiger partial charge in [0.05, 0.1) is 25.5 Å². The SMILES string of the molecule is COc1ccc(Cn2cnc3ccsc3c2=O)cc1. The molecule has 0 saturated carbocycles. The number of hydrogen-bond donors (Lipinski definition) is 0. The van der Waals surface area contributed by atoms with Crippen molar-refractivity contribution in [3.05, 3.63) is 58.0 Å². The molecule has 0 unspecified atom stereocenters. The normalized spacial score (nSPS) is 10.8. The summed E-state index contributed by atoms with van der Waals surface area (Å²) in [5.74, 6) is 0.808. The molecule has 1 aromatic carbocycles. The smallest absolute Gasteiger partial charge is 0.271 e. The topological polar surface area (TPSA) is 44.1 Å². The van der Waals surface area contributed by atoms with E-state index in [1.807, 2.05) is 35.7 Å². The predicted octanol–water partition coefficient (Wildman–Crippen LogP) is 2.51. The van der Waals surface area contributed by atoms with E-state index >= 15 is 0 Å². The molecule has 0 bridgehead atoms. The maximum atomic E-state index is 12.2. The van der Waals surface area contributed by atoms with Crippen LogP contribution in [0.15, 0.2) is 46.8 Å². The Kier molecular flexibility index (Phi) is 3.05. The van der Waals surface area contributed by atoms with Gasteiger partial charge in [-0.1, -0.05) is 12.1 Å². The van der Waals surface area contributed by atoms with Gasteiger partial charge in [0.2, 0.25) is 0 Å². The number of aromatic nitrogens is 2. The average molecular weight is 272 g/mol. The van der Waals surface area contributed by atoms with Crippen molar-refractivity contribution >= 4 is 21.6 Å². The van der Waals surface area contributed by atoms with Crippen LogP contribution in [0.5, 0.6) is 5.75 Å². The lowest BCUT2D eigenvalue weighted by atomic mass is 10.2. The fourth-order valence-corrected chi connectivity index (χ4v) is 2.71. The Labute approximate surface area is 113 Å². The molecule has 5 heteroatoms. The number of nitrogens with zero attached hydrogens (tertiary/aromatic N) is 2. The quantitative estimate of drug-likeness (QED) is 0.736. The maximum absolute atomic E-state index is 12.2. The molecule has 96 valence electrons. The Morgan fingerprint density at radius 3 is 2.79 bits per heavy atom. The van der Waals surface area contributed by atoms with E-state index in [4.69, 9.17) is 4.74 Å². The molecule has 0 aliphatic carbocycles. The molecule has 19 heavy (non-hydrogen) atoms. The first-order valence-electron chi connectivity index (χ1n) is 5.83. The Bertz CT molecular complexity index is 759. The lowest BCUT2D eigenvalue weighted by Crippen LogP contribution is -2.20. The molecule has 2 aromatic heterocycles. The summed E-state index contributed by atoms with van der Waals surface area (Å²) in [4.78, 5) is 16.5. The van der Waals surface area contributed by atoms with E-state index in [1.165, 1.54) is 11.3 Å². The van der Waals surface area contributed by atoms with E-state index < -0.39 is 0 Å². The molecule has 4 nitrogen and oxygen atoms in total. The van der Waals surface area contributed by atoms with Crippen molar-refractivity contribution in [2.24, 2.45) is 0 Å². The monoisotopic (exact) mass is 272 g/mol. The Hall–Kier alpha value is -2.14. The predicted molar refractivity (Wildman–Crippen MR) is 76.0 cm³/mol. The Morgan fingerprint density at radius 1 is 1.26 bits per heavy atom. The molecule has 0 aliphatic rings. The van der Waals surface area contributed by atoms with Gasteiger partial charge in [0, 0.05) is 0 Å². The van der Waals surface area contributed by atoms with Gasteiger partial charge in [0.1, 0.15) is 10.4 Å². The summed E-state index contributed by atoms with van der Waals surface area (Å²) in [7, 11) is 1.63. The third kappa shape index (κ3) is 2.24. The molecule has 0 saturated heterocycles. The zero-order valence-corrected chi connectivity index (χ0v) is 11.2. The van der Waals surface area contributed by atoms with Crippen LogP contribution in [0.2, 0.25) is 0 Å². The second-order valence-electron chi connectivity index (χ2n) is 4.16. The van der Waals surface area contributed by atoms with Crippen LogP contribution >= 0.6 is 11.3 Å². The maximum Gasteiger partial charge on any atom is 0.271 e. The number of rotatable bonds is 3. The van der Waals surface area contributed by atoms with Gasteiger partial charge in [-0.25, -0.2) is 4.98 Å². The first-order chi connectivity index (χ1) is 9.28. The second-order valence-corrected chi connectivity index (χ2v) is 5.08. The molecule has 3 aromatic rings. The zero-order valence-electron chi connectivity index (χ0n) is 10.4. The standard InChI is InChI=1S/C14H12N2O2S/c1-18-11-4-2-10(3-5-11)8-16-9-15-12-6-7-19-13(12)14(16)17/h2-7,9H,8H2,1H3. The highest BCUT2D eigenvalue weighted by molar-refractivity contribution is 7.17. The van der Waals surface area contributed by atoms with E-state index in [0.29, 0.717) is 11.2 Å². The summed E-state index contributed by atoms with van der Waals surface area (Å²) in [6, 6.07) is 9.53. The Balaban J connectivity index is 1.95. The van der Waals surface area contributed by atoms with E-state index in [1.54, 1.807) is 18.0 Å². The average Bonchev–Trinajstić information content (AvgIpc) is 2.92. The van der Waals surface area contributed by atoms with Crippen molar-refractivity contribution in [3.8, 4) is 5.75 Å². The van der Waals surface area contributed by atoms with Crippen molar-refractivity contribution in [3.63, 3.8) is 0 Å². The molecular weight excluding hydrogens is 260 g/mol. The van der Waals surface area contributed by atoms with E-state index in [2.05, 4.69) is 4.98 Å².